The monoisotopic (exact) mass is 649 g/mol. The van der Waals surface area contributed by atoms with Gasteiger partial charge in [-0.05, 0) is 30.5 Å². The van der Waals surface area contributed by atoms with Crippen LogP contribution in [0.1, 0.15) is 53.3 Å². The number of fused-ring (bicyclic) bond motifs is 2. The largest absolute Gasteiger partial charge is 0.490 e. The van der Waals surface area contributed by atoms with Crippen LogP contribution in [-0.4, -0.2) is 61.8 Å². The summed E-state index contributed by atoms with van der Waals surface area (Å²) in [6, 6.07) is 6.41. The molecule has 3 aromatic rings. The molecule has 6 rings (SSSR count). The van der Waals surface area contributed by atoms with E-state index in [1.807, 2.05) is 26.0 Å². The molecule has 3 fully saturated rings. The van der Waals surface area contributed by atoms with Crippen LogP contribution >= 0.6 is 11.3 Å². The van der Waals surface area contributed by atoms with Gasteiger partial charge in [0.25, 0.3) is 11.8 Å². The number of piperidine rings is 1. The fourth-order valence-electron chi connectivity index (χ4n) is 5.84. The quantitative estimate of drug-likeness (QED) is 0.294. The van der Waals surface area contributed by atoms with Crippen molar-refractivity contribution < 1.29 is 46.2 Å². The van der Waals surface area contributed by atoms with E-state index >= 15 is 0 Å². The predicted molar refractivity (Wildman–Crippen MR) is 148 cm³/mol. The van der Waals surface area contributed by atoms with E-state index in [-0.39, 0.29) is 46.9 Å². The number of aliphatic carboxylic acids is 1. The second kappa shape index (κ2) is 10.8. The first-order valence-corrected chi connectivity index (χ1v) is 14.3. The number of hydrogen-bond donors (Lipinski definition) is 2. The van der Waals surface area contributed by atoms with Gasteiger partial charge in [-0.3, -0.25) is 24.3 Å². The minimum absolute atomic E-state index is 0.112. The number of carbonyl (C=O) groups excluding carboxylic acids is 3. The second-order valence-corrected chi connectivity index (χ2v) is 12.8. The Balaban J connectivity index is 0.000000515. The summed E-state index contributed by atoms with van der Waals surface area (Å²) < 4.78 is 59.1. The predicted octanol–water partition coefficient (Wildman–Crippen LogP) is 4.84. The number of nitrogens with zero attached hydrogens (tertiary/aromatic N) is 4. The zero-order valence-electron chi connectivity index (χ0n) is 23.8. The molecule has 3 aromatic heterocycles. The van der Waals surface area contributed by atoms with Crippen molar-refractivity contribution in [2.75, 3.05) is 0 Å². The molecule has 45 heavy (non-hydrogen) atoms. The maximum atomic E-state index is 13.3. The van der Waals surface area contributed by atoms with Crippen molar-refractivity contribution in [2.24, 2.45) is 17.3 Å². The number of carboxylic acids is 1. The Morgan fingerprint density at radius 3 is 2.29 bits per heavy atom. The Morgan fingerprint density at radius 2 is 1.76 bits per heavy atom. The molecule has 3 aliphatic rings. The number of halogens is 5. The Hall–Kier alpha value is -4.52. The third-order valence-corrected chi connectivity index (χ3v) is 9.31. The number of alkyl halides is 5. The van der Waals surface area contributed by atoms with Gasteiger partial charge in [0.15, 0.2) is 0 Å². The van der Waals surface area contributed by atoms with Crippen molar-refractivity contribution in [2.45, 2.75) is 58.3 Å². The summed E-state index contributed by atoms with van der Waals surface area (Å²) in [5.74, 6) is -6.91. The highest BCUT2D eigenvalue weighted by atomic mass is 32.1. The molecule has 3 amide bonds. The van der Waals surface area contributed by atoms with Gasteiger partial charge in [0.1, 0.15) is 11.8 Å². The van der Waals surface area contributed by atoms with E-state index in [2.05, 4.69) is 15.3 Å². The van der Waals surface area contributed by atoms with E-state index in [4.69, 9.17) is 9.90 Å². The van der Waals surface area contributed by atoms with Gasteiger partial charge in [-0.1, -0.05) is 13.8 Å². The molecular formula is C29H24F5N5O5S. The average molecular weight is 650 g/mol. The van der Waals surface area contributed by atoms with E-state index in [1.54, 1.807) is 19.2 Å². The lowest BCUT2D eigenvalue weighted by molar-refractivity contribution is -0.192. The average Bonchev–Trinajstić information content (AvgIpc) is 3.15. The molecule has 236 valence electrons. The van der Waals surface area contributed by atoms with Crippen LogP contribution in [0.5, 0.6) is 0 Å². The number of rotatable bonds is 5. The highest BCUT2D eigenvalue weighted by Crippen LogP contribution is 2.63. The maximum Gasteiger partial charge on any atom is 0.490 e. The van der Waals surface area contributed by atoms with Gasteiger partial charge >= 0.3 is 12.1 Å². The summed E-state index contributed by atoms with van der Waals surface area (Å²) in [6.45, 7) is 5.61. The summed E-state index contributed by atoms with van der Waals surface area (Å²) in [4.78, 5) is 58.5. The van der Waals surface area contributed by atoms with E-state index in [0.717, 1.165) is 4.88 Å². The molecule has 10 nitrogen and oxygen atoms in total. The number of hydrogen-bond acceptors (Lipinski definition) is 8. The molecule has 1 aliphatic heterocycles. The maximum absolute atomic E-state index is 13.3. The van der Waals surface area contributed by atoms with Gasteiger partial charge in [-0.25, -0.2) is 18.6 Å². The normalized spacial score (nSPS) is 21.4. The number of aryl methyl sites for hydroxylation is 1. The Bertz CT molecular complexity index is 1780. The van der Waals surface area contributed by atoms with Gasteiger partial charge in [-0.2, -0.15) is 18.4 Å². The first-order valence-electron chi connectivity index (χ1n) is 13.5. The van der Waals surface area contributed by atoms with Crippen LogP contribution in [0.3, 0.4) is 0 Å². The number of nitriles is 1. The summed E-state index contributed by atoms with van der Waals surface area (Å²) in [7, 11) is 0. The number of imide groups is 1. The number of aromatic nitrogens is 2. The van der Waals surface area contributed by atoms with Crippen LogP contribution < -0.4 is 5.32 Å². The summed E-state index contributed by atoms with van der Waals surface area (Å²) in [5.41, 5.74) is 2.01. The van der Waals surface area contributed by atoms with Crippen molar-refractivity contribution in [3.63, 3.8) is 0 Å². The van der Waals surface area contributed by atoms with Crippen LogP contribution in [0.15, 0.2) is 24.4 Å². The van der Waals surface area contributed by atoms with Crippen LogP contribution in [0.25, 0.3) is 21.3 Å². The van der Waals surface area contributed by atoms with E-state index in [0.29, 0.717) is 27.0 Å². The lowest BCUT2D eigenvalue weighted by Gasteiger charge is -2.35. The van der Waals surface area contributed by atoms with E-state index in [9.17, 15) is 41.6 Å². The number of carboxylic acid groups (broad SMARTS) is 1. The van der Waals surface area contributed by atoms with Crippen LogP contribution in [0.2, 0.25) is 0 Å². The summed E-state index contributed by atoms with van der Waals surface area (Å²) in [6.07, 6.45) is -4.34. The molecule has 0 bridgehead atoms. The molecule has 2 unspecified atom stereocenters. The third kappa shape index (κ3) is 5.84. The first kappa shape index (κ1) is 31.9. The van der Waals surface area contributed by atoms with E-state index in [1.165, 1.54) is 22.3 Å². The molecule has 2 aliphatic carbocycles. The van der Waals surface area contributed by atoms with Crippen molar-refractivity contribution in [3.8, 4) is 17.2 Å². The number of nitrogens with one attached hydrogen (secondary N) is 1. The standard InChI is InChI=1S/C27H23F2N5O3S.C2HF3O2/c1-12-19(23(35)33-14-8-27(28,29)9-14)17(6-13(10-30)32-12)16-4-5-31-18-7-15(38-22(16)18)11-34-24(36)20-21(25(34)37)26(20,2)3;3-2(4,5)1(6)7/h4-7,14,20-21H,8-9,11H2,1-3H3,(H,33,35);(H,6,7). The molecule has 2 atom stereocenters. The highest BCUT2D eigenvalue weighted by molar-refractivity contribution is 7.19. The van der Waals surface area contributed by atoms with Crippen LogP contribution in [0.4, 0.5) is 22.0 Å². The fraction of sp³-hybridized carbons (Fsp3) is 0.414. The van der Waals surface area contributed by atoms with Gasteiger partial charge in [-0.15, -0.1) is 11.3 Å². The molecule has 1 saturated heterocycles. The number of pyridine rings is 2. The smallest absolute Gasteiger partial charge is 0.475 e. The van der Waals surface area contributed by atoms with Crippen molar-refractivity contribution >= 4 is 45.2 Å². The van der Waals surface area contributed by atoms with Crippen molar-refractivity contribution in [3.05, 3.63) is 46.2 Å². The molecular weight excluding hydrogens is 625 g/mol. The third-order valence-electron chi connectivity index (χ3n) is 8.17. The molecule has 4 heterocycles. The van der Waals surface area contributed by atoms with Crippen LogP contribution in [0, 0.1) is 35.5 Å². The van der Waals surface area contributed by atoms with Gasteiger partial charge in [0, 0.05) is 41.1 Å². The summed E-state index contributed by atoms with van der Waals surface area (Å²) >= 11 is 1.35. The minimum Gasteiger partial charge on any atom is -0.475 e. The van der Waals surface area contributed by atoms with Crippen molar-refractivity contribution in [1.29, 1.82) is 5.26 Å². The minimum atomic E-state index is -5.08. The molecule has 16 heteroatoms. The second-order valence-electron chi connectivity index (χ2n) is 11.7. The Labute approximate surface area is 255 Å². The van der Waals surface area contributed by atoms with Crippen molar-refractivity contribution in [1.82, 2.24) is 20.2 Å². The highest BCUT2D eigenvalue weighted by Gasteiger charge is 2.72. The Kier molecular flexibility index (Phi) is 7.67. The van der Waals surface area contributed by atoms with Gasteiger partial charge in [0.05, 0.1) is 39.9 Å². The molecule has 0 radical (unpaired) electrons. The fourth-order valence-corrected chi connectivity index (χ4v) is 6.97. The molecule has 2 saturated carbocycles. The van der Waals surface area contributed by atoms with Crippen LogP contribution in [-0.2, 0) is 20.9 Å². The molecule has 0 aromatic carbocycles. The Morgan fingerprint density at radius 1 is 1.16 bits per heavy atom. The van der Waals surface area contributed by atoms with Gasteiger partial charge < -0.3 is 10.4 Å². The SMILES string of the molecule is Cc1nc(C#N)cc(-c2ccnc3cc(CN4C(=O)C5C(C4=O)C5(C)C)sc23)c1C(=O)NC1CC(F)(F)C1.O=C(O)C(F)(F)F. The number of thiophene rings is 1. The topological polar surface area (TPSA) is 153 Å². The number of likely N-dealkylation sites (tertiary alicyclic amines) is 1. The zero-order valence-corrected chi connectivity index (χ0v) is 24.6. The van der Waals surface area contributed by atoms with E-state index < -0.39 is 42.9 Å². The lowest BCUT2D eigenvalue weighted by Crippen LogP contribution is -2.50. The first-order chi connectivity index (χ1) is 20.9. The molecule has 0 spiro atoms. The van der Waals surface area contributed by atoms with Gasteiger partial charge in [0.2, 0.25) is 11.8 Å². The lowest BCUT2D eigenvalue weighted by atomic mass is 9.87. The zero-order chi connectivity index (χ0) is 33.2. The summed E-state index contributed by atoms with van der Waals surface area (Å²) in [5, 5.41) is 19.3. The number of carbonyl (C=O) groups is 4. The number of amides is 3. The molecule has 2 N–H and O–H groups in total.